The number of hydrogen-bond donors (Lipinski definition) is 2. The summed E-state index contributed by atoms with van der Waals surface area (Å²) in [5.41, 5.74) is 6.15. The van der Waals surface area contributed by atoms with E-state index in [0.29, 0.717) is 11.3 Å². The third-order valence-corrected chi connectivity index (χ3v) is 3.22. The highest BCUT2D eigenvalue weighted by atomic mass is 16.5. The van der Waals surface area contributed by atoms with E-state index in [2.05, 4.69) is 0 Å². The lowest BCUT2D eigenvalue weighted by Gasteiger charge is -2.11. The van der Waals surface area contributed by atoms with Gasteiger partial charge in [-0.2, -0.15) is 0 Å². The number of carboxylic acid groups (broad SMARTS) is 1. The molecule has 0 radical (unpaired) electrons. The zero-order valence-electron chi connectivity index (χ0n) is 12.4. The Kier molecular flexibility index (Phi) is 4.75. The number of carboxylic acids is 1. The maximum absolute atomic E-state index is 11.6. The lowest BCUT2D eigenvalue weighted by molar-refractivity contribution is -0.134. The van der Waals surface area contributed by atoms with Crippen molar-refractivity contribution >= 4 is 17.8 Å². The van der Waals surface area contributed by atoms with Gasteiger partial charge in [-0.05, 0) is 29.8 Å². The minimum Gasteiger partial charge on any atom is -0.478 e. The molecular weight excluding hydrogens is 298 g/mol. The Bertz CT molecular complexity index is 733. The van der Waals surface area contributed by atoms with E-state index in [4.69, 9.17) is 10.5 Å². The molecule has 0 unspecified atom stereocenters. The monoisotopic (exact) mass is 313 g/mol. The topological polar surface area (TPSA) is 107 Å². The van der Waals surface area contributed by atoms with Gasteiger partial charge in [-0.25, -0.2) is 4.79 Å². The van der Waals surface area contributed by atoms with Crippen molar-refractivity contribution < 1.29 is 24.2 Å². The summed E-state index contributed by atoms with van der Waals surface area (Å²) < 4.78 is 5.06. The second kappa shape index (κ2) is 6.74. The first-order valence-electron chi connectivity index (χ1n) is 6.91. The van der Waals surface area contributed by atoms with Crippen LogP contribution in [-0.4, -0.2) is 23.0 Å². The zero-order chi connectivity index (χ0) is 17.0. The normalized spacial score (nSPS) is 10.1. The second-order valence-electron chi connectivity index (χ2n) is 4.75. The molecule has 1 amide bonds. The van der Waals surface area contributed by atoms with E-state index < -0.39 is 11.9 Å². The summed E-state index contributed by atoms with van der Waals surface area (Å²) in [4.78, 5) is 34.2. The number of benzene rings is 2. The van der Waals surface area contributed by atoms with Crippen LogP contribution >= 0.6 is 0 Å². The third kappa shape index (κ3) is 3.55. The first-order valence-corrected chi connectivity index (χ1v) is 6.91. The summed E-state index contributed by atoms with van der Waals surface area (Å²) in [5, 5.41) is 9.32. The van der Waals surface area contributed by atoms with Crippen LogP contribution < -0.4 is 10.5 Å². The van der Waals surface area contributed by atoms with E-state index in [1.165, 1.54) is 30.3 Å². The van der Waals surface area contributed by atoms with Crippen molar-refractivity contribution in [3.8, 4) is 16.9 Å². The van der Waals surface area contributed by atoms with Gasteiger partial charge in [-0.15, -0.1) is 0 Å². The predicted octanol–water partition coefficient (Wildman–Crippen LogP) is 2.47. The van der Waals surface area contributed by atoms with E-state index in [9.17, 15) is 19.5 Å². The van der Waals surface area contributed by atoms with Crippen LogP contribution in [-0.2, 0) is 4.79 Å². The van der Waals surface area contributed by atoms with E-state index >= 15 is 0 Å². The molecule has 0 aliphatic heterocycles. The van der Waals surface area contributed by atoms with Crippen molar-refractivity contribution in [2.45, 2.75) is 13.3 Å². The van der Waals surface area contributed by atoms with Crippen LogP contribution in [0.1, 0.15) is 34.1 Å². The smallest absolute Gasteiger partial charge is 0.336 e. The van der Waals surface area contributed by atoms with Crippen LogP contribution in [0.25, 0.3) is 11.1 Å². The van der Waals surface area contributed by atoms with Crippen LogP contribution in [0.3, 0.4) is 0 Å². The second-order valence-corrected chi connectivity index (χ2v) is 4.75. The fraction of sp³-hybridized carbons (Fsp3) is 0.118. The van der Waals surface area contributed by atoms with Gasteiger partial charge in [0.25, 0.3) is 0 Å². The lowest BCUT2D eigenvalue weighted by Crippen LogP contribution is -2.14. The molecule has 2 aromatic rings. The van der Waals surface area contributed by atoms with Gasteiger partial charge in [0.05, 0.1) is 5.56 Å². The van der Waals surface area contributed by atoms with Gasteiger partial charge in [0, 0.05) is 17.5 Å². The highest BCUT2D eigenvalue weighted by Gasteiger charge is 2.18. The number of esters is 1. The quantitative estimate of drug-likeness (QED) is 0.651. The van der Waals surface area contributed by atoms with Crippen molar-refractivity contribution in [2.24, 2.45) is 5.73 Å². The predicted molar refractivity (Wildman–Crippen MR) is 83.3 cm³/mol. The molecule has 0 spiro atoms. The number of rotatable bonds is 5. The fourth-order valence-electron chi connectivity index (χ4n) is 2.14. The number of hydrogen-bond acceptors (Lipinski definition) is 4. The van der Waals surface area contributed by atoms with Crippen LogP contribution in [0.2, 0.25) is 0 Å². The van der Waals surface area contributed by atoms with Gasteiger partial charge in [0.1, 0.15) is 5.75 Å². The minimum atomic E-state index is -1.16. The van der Waals surface area contributed by atoms with Crippen LogP contribution in [0.5, 0.6) is 5.75 Å². The number of nitrogens with two attached hydrogens (primary N) is 1. The van der Waals surface area contributed by atoms with E-state index in [1.54, 1.807) is 19.1 Å². The van der Waals surface area contributed by atoms with Crippen LogP contribution in [0, 0.1) is 0 Å². The molecule has 0 saturated carbocycles. The average molecular weight is 313 g/mol. The van der Waals surface area contributed by atoms with Gasteiger partial charge >= 0.3 is 11.9 Å². The molecule has 23 heavy (non-hydrogen) atoms. The lowest BCUT2D eigenvalue weighted by atomic mass is 9.94. The third-order valence-electron chi connectivity index (χ3n) is 3.22. The summed E-state index contributed by atoms with van der Waals surface area (Å²) in [6.45, 7) is 1.68. The zero-order valence-corrected chi connectivity index (χ0v) is 12.4. The van der Waals surface area contributed by atoms with Crippen molar-refractivity contribution in [2.75, 3.05) is 0 Å². The van der Waals surface area contributed by atoms with Gasteiger partial charge in [-0.3, -0.25) is 9.59 Å². The van der Waals surface area contributed by atoms with Crippen molar-refractivity contribution in [3.63, 3.8) is 0 Å². The van der Waals surface area contributed by atoms with Gasteiger partial charge in [-0.1, -0.05) is 25.1 Å². The summed E-state index contributed by atoms with van der Waals surface area (Å²) in [5.74, 6) is -1.91. The number of amides is 1. The molecule has 118 valence electrons. The SMILES string of the molecule is CCC(=O)Oc1ccc(-c2c(C(N)=O)cccc2C(=O)O)cc1. The molecule has 6 heteroatoms. The van der Waals surface area contributed by atoms with Crippen molar-refractivity contribution in [1.29, 1.82) is 0 Å². The molecule has 3 N–H and O–H groups in total. The molecule has 0 atom stereocenters. The fourth-order valence-corrected chi connectivity index (χ4v) is 2.14. The van der Waals surface area contributed by atoms with Gasteiger partial charge < -0.3 is 15.6 Å². The van der Waals surface area contributed by atoms with Crippen LogP contribution in [0.15, 0.2) is 42.5 Å². The Labute approximate surface area is 132 Å². The molecule has 2 aromatic carbocycles. The maximum Gasteiger partial charge on any atom is 0.336 e. The minimum absolute atomic E-state index is 0.0281. The Balaban J connectivity index is 2.51. The Morgan fingerprint density at radius 3 is 2.17 bits per heavy atom. The number of carbonyl (C=O) groups is 3. The summed E-state index contributed by atoms with van der Waals surface area (Å²) in [6, 6.07) is 10.5. The molecular formula is C17H15NO5. The molecule has 0 aromatic heterocycles. The van der Waals surface area contributed by atoms with E-state index in [0.717, 1.165) is 0 Å². The van der Waals surface area contributed by atoms with Gasteiger partial charge in [0.15, 0.2) is 0 Å². The largest absolute Gasteiger partial charge is 0.478 e. The molecule has 0 heterocycles. The first kappa shape index (κ1) is 16.2. The van der Waals surface area contributed by atoms with Crippen molar-refractivity contribution in [1.82, 2.24) is 0 Å². The molecule has 0 bridgehead atoms. The maximum atomic E-state index is 11.6. The molecule has 0 saturated heterocycles. The summed E-state index contributed by atoms with van der Waals surface area (Å²) >= 11 is 0. The highest BCUT2D eigenvalue weighted by Crippen LogP contribution is 2.29. The highest BCUT2D eigenvalue weighted by molar-refractivity contribution is 6.06. The van der Waals surface area contributed by atoms with E-state index in [1.807, 2.05) is 0 Å². The Morgan fingerprint density at radius 2 is 1.65 bits per heavy atom. The number of aromatic carboxylic acids is 1. The molecule has 0 aliphatic rings. The number of primary amides is 1. The molecule has 6 nitrogen and oxygen atoms in total. The summed E-state index contributed by atoms with van der Waals surface area (Å²) in [7, 11) is 0. The Hall–Kier alpha value is -3.15. The summed E-state index contributed by atoms with van der Waals surface area (Å²) in [6.07, 6.45) is 0.245. The first-order chi connectivity index (χ1) is 10.9. The molecule has 0 fully saturated rings. The van der Waals surface area contributed by atoms with E-state index in [-0.39, 0.29) is 29.1 Å². The number of carbonyl (C=O) groups excluding carboxylic acids is 2. The van der Waals surface area contributed by atoms with Crippen LogP contribution in [0.4, 0.5) is 0 Å². The van der Waals surface area contributed by atoms with Crippen molar-refractivity contribution in [3.05, 3.63) is 53.6 Å². The Morgan fingerprint density at radius 1 is 1.04 bits per heavy atom. The molecule has 0 aliphatic carbocycles. The number of ether oxygens (including phenoxy) is 1. The standard InChI is InChI=1S/C17H15NO5/c1-2-14(19)23-11-8-6-10(7-9-11)15-12(16(18)20)4-3-5-13(15)17(21)22/h3-9H,2H2,1H3,(H2,18,20)(H,21,22). The molecule has 2 rings (SSSR count). The van der Waals surface area contributed by atoms with Gasteiger partial charge in [0.2, 0.25) is 5.91 Å². The average Bonchev–Trinajstić information content (AvgIpc) is 2.54.